The number of nitrogens with zero attached hydrogens (tertiary/aromatic N) is 2. The van der Waals surface area contributed by atoms with Crippen LogP contribution >= 0.6 is 0 Å². The van der Waals surface area contributed by atoms with Gasteiger partial charge in [-0.2, -0.15) is 0 Å². The Morgan fingerprint density at radius 1 is 1.14 bits per heavy atom. The molecule has 0 bridgehead atoms. The first-order valence-electron chi connectivity index (χ1n) is 11.7. The minimum absolute atomic E-state index is 0.122. The maximum atomic E-state index is 12.8. The molecule has 1 N–H and O–H groups in total. The van der Waals surface area contributed by atoms with Crippen molar-refractivity contribution in [1.82, 2.24) is 0 Å². The zero-order valence-corrected chi connectivity index (χ0v) is 20.1. The first-order valence-corrected chi connectivity index (χ1v) is 13.3. The summed E-state index contributed by atoms with van der Waals surface area (Å²) in [5.74, 6) is -1.17. The van der Waals surface area contributed by atoms with E-state index in [9.17, 15) is 22.6 Å². The SMILES string of the molecule is O=C(O)CCCN1CCCc2cc3cc(-c4cc[n+](CCCCS(=O)(=O)[O-])cc4)c(=O)oc3cc21. The van der Waals surface area contributed by atoms with Gasteiger partial charge in [-0.05, 0) is 43.4 Å². The minimum atomic E-state index is -4.19. The fourth-order valence-corrected chi connectivity index (χ4v) is 5.05. The number of benzene rings is 1. The molecule has 4 rings (SSSR count). The van der Waals surface area contributed by atoms with Crippen LogP contribution in [0.4, 0.5) is 5.69 Å². The predicted octanol–water partition coefficient (Wildman–Crippen LogP) is 2.69. The normalized spacial score (nSPS) is 13.7. The molecule has 0 spiro atoms. The second-order valence-electron chi connectivity index (χ2n) is 8.85. The van der Waals surface area contributed by atoms with Crippen LogP contribution in [0, 0.1) is 0 Å². The highest BCUT2D eigenvalue weighted by molar-refractivity contribution is 7.85. The molecule has 186 valence electrons. The van der Waals surface area contributed by atoms with Gasteiger partial charge in [0.25, 0.3) is 0 Å². The lowest BCUT2D eigenvalue weighted by molar-refractivity contribution is -0.697. The lowest BCUT2D eigenvalue weighted by Crippen LogP contribution is -2.32. The van der Waals surface area contributed by atoms with Gasteiger partial charge in [-0.1, -0.05) is 0 Å². The van der Waals surface area contributed by atoms with E-state index in [1.54, 1.807) is 0 Å². The minimum Gasteiger partial charge on any atom is -0.748 e. The van der Waals surface area contributed by atoms with Crippen LogP contribution in [0.3, 0.4) is 0 Å². The number of pyridine rings is 1. The molecule has 0 saturated carbocycles. The summed E-state index contributed by atoms with van der Waals surface area (Å²) < 4.78 is 39.7. The molecule has 0 atom stereocenters. The molecule has 1 aliphatic rings. The summed E-state index contributed by atoms with van der Waals surface area (Å²) in [6.07, 6.45) is 7.05. The number of aryl methyl sites for hydroxylation is 2. The quantitative estimate of drug-likeness (QED) is 0.195. The Hall–Kier alpha value is -3.24. The summed E-state index contributed by atoms with van der Waals surface area (Å²) in [4.78, 5) is 25.8. The Morgan fingerprint density at radius 2 is 1.91 bits per heavy atom. The summed E-state index contributed by atoms with van der Waals surface area (Å²) >= 11 is 0. The van der Waals surface area contributed by atoms with E-state index < -0.39 is 21.7 Å². The van der Waals surface area contributed by atoms with E-state index >= 15 is 0 Å². The Kier molecular flexibility index (Phi) is 7.51. The Labute approximate surface area is 203 Å². The summed E-state index contributed by atoms with van der Waals surface area (Å²) in [6, 6.07) is 9.39. The highest BCUT2D eigenvalue weighted by atomic mass is 32.2. The van der Waals surface area contributed by atoms with Gasteiger partial charge in [-0.25, -0.2) is 17.8 Å². The van der Waals surface area contributed by atoms with E-state index in [0.29, 0.717) is 49.1 Å². The van der Waals surface area contributed by atoms with Gasteiger partial charge in [-0.15, -0.1) is 0 Å². The summed E-state index contributed by atoms with van der Waals surface area (Å²) in [5.41, 5.74) is 3.38. The van der Waals surface area contributed by atoms with E-state index in [-0.39, 0.29) is 12.2 Å². The third-order valence-electron chi connectivity index (χ3n) is 6.23. The number of hydrogen-bond acceptors (Lipinski definition) is 7. The number of anilines is 1. The molecule has 2 aromatic heterocycles. The van der Waals surface area contributed by atoms with Crippen LogP contribution in [0.2, 0.25) is 0 Å². The summed E-state index contributed by atoms with van der Waals surface area (Å²) in [6.45, 7) is 2.05. The zero-order valence-electron chi connectivity index (χ0n) is 19.3. The molecular formula is C25H28N2O7S. The molecule has 0 saturated heterocycles. The maximum absolute atomic E-state index is 12.8. The van der Waals surface area contributed by atoms with Crippen molar-refractivity contribution in [2.75, 3.05) is 23.7 Å². The molecule has 1 aromatic carbocycles. The number of aromatic nitrogens is 1. The van der Waals surface area contributed by atoms with Crippen LogP contribution in [-0.4, -0.2) is 42.9 Å². The van der Waals surface area contributed by atoms with Crippen molar-refractivity contribution in [2.24, 2.45) is 0 Å². The highest BCUT2D eigenvalue weighted by Gasteiger charge is 2.19. The number of hydrogen-bond donors (Lipinski definition) is 1. The molecular weight excluding hydrogens is 472 g/mol. The van der Waals surface area contributed by atoms with Gasteiger partial charge in [0.15, 0.2) is 12.4 Å². The van der Waals surface area contributed by atoms with Gasteiger partial charge in [0.05, 0.1) is 15.7 Å². The van der Waals surface area contributed by atoms with Crippen LogP contribution < -0.4 is 15.1 Å². The fourth-order valence-electron chi connectivity index (χ4n) is 4.49. The van der Waals surface area contributed by atoms with E-state index in [1.807, 2.05) is 47.3 Å². The fraction of sp³-hybridized carbons (Fsp3) is 0.400. The second kappa shape index (κ2) is 10.6. The van der Waals surface area contributed by atoms with Gasteiger partial charge < -0.3 is 19.0 Å². The van der Waals surface area contributed by atoms with E-state index in [2.05, 4.69) is 4.90 Å². The van der Waals surface area contributed by atoms with E-state index in [0.717, 1.165) is 36.0 Å². The topological polar surface area (TPSA) is 132 Å². The molecule has 0 radical (unpaired) electrons. The van der Waals surface area contributed by atoms with Gasteiger partial charge in [0.2, 0.25) is 0 Å². The summed E-state index contributed by atoms with van der Waals surface area (Å²) in [5, 5.41) is 9.75. The van der Waals surface area contributed by atoms with Gasteiger partial charge in [0, 0.05) is 66.5 Å². The van der Waals surface area contributed by atoms with Crippen LogP contribution in [-0.2, 0) is 27.9 Å². The molecule has 10 heteroatoms. The number of unbranched alkanes of at least 4 members (excludes halogenated alkanes) is 1. The summed E-state index contributed by atoms with van der Waals surface area (Å²) in [7, 11) is -4.19. The van der Waals surface area contributed by atoms with E-state index in [1.165, 1.54) is 0 Å². The molecule has 3 aromatic rings. The first-order chi connectivity index (χ1) is 16.7. The molecule has 0 amide bonds. The van der Waals surface area contributed by atoms with Gasteiger partial charge >= 0.3 is 11.6 Å². The molecule has 3 heterocycles. The second-order valence-corrected chi connectivity index (χ2v) is 10.4. The van der Waals surface area contributed by atoms with Crippen molar-refractivity contribution in [3.05, 3.63) is 58.7 Å². The highest BCUT2D eigenvalue weighted by Crippen LogP contribution is 2.32. The Morgan fingerprint density at radius 3 is 2.63 bits per heavy atom. The van der Waals surface area contributed by atoms with Gasteiger partial charge in [-0.3, -0.25) is 4.79 Å². The number of rotatable bonds is 10. The number of aliphatic carboxylic acids is 1. The molecule has 1 aliphatic heterocycles. The third kappa shape index (κ3) is 6.46. The molecule has 35 heavy (non-hydrogen) atoms. The number of carboxylic acid groups (broad SMARTS) is 1. The first kappa shape index (κ1) is 24.9. The maximum Gasteiger partial charge on any atom is 0.344 e. The smallest absolute Gasteiger partial charge is 0.344 e. The number of carboxylic acids is 1. The standard InChI is InChI=1S/C25H28N2O7S/c28-24(29)6-4-11-27-10-3-5-19-15-20-16-21(25(30)34-23(20)17-22(19)27)18-7-12-26(13-8-18)9-1-2-14-35(31,32)33/h7-8,12-13,15-17H,1-6,9-11,14H2,(H-,28,29,31,32,33). The zero-order chi connectivity index (χ0) is 25.0. The van der Waals surface area contributed by atoms with E-state index in [4.69, 9.17) is 9.52 Å². The molecule has 9 nitrogen and oxygen atoms in total. The molecule has 0 aliphatic carbocycles. The van der Waals surface area contributed by atoms with Gasteiger partial charge in [0.1, 0.15) is 12.1 Å². The van der Waals surface area contributed by atoms with Crippen molar-refractivity contribution in [2.45, 2.75) is 45.1 Å². The van der Waals surface area contributed by atoms with Crippen molar-refractivity contribution in [1.29, 1.82) is 0 Å². The number of fused-ring (bicyclic) bond motifs is 2. The number of carbonyl (C=O) groups is 1. The largest absolute Gasteiger partial charge is 0.748 e. The lowest BCUT2D eigenvalue weighted by Gasteiger charge is -2.31. The van der Waals surface area contributed by atoms with Crippen molar-refractivity contribution < 1.29 is 31.9 Å². The average molecular weight is 501 g/mol. The third-order valence-corrected chi connectivity index (χ3v) is 7.02. The van der Waals surface area contributed by atoms with Crippen LogP contribution in [0.1, 0.15) is 37.7 Å². The molecule has 0 fully saturated rings. The van der Waals surface area contributed by atoms with Crippen LogP contribution in [0.5, 0.6) is 0 Å². The van der Waals surface area contributed by atoms with Crippen LogP contribution in [0.25, 0.3) is 22.1 Å². The lowest BCUT2D eigenvalue weighted by atomic mass is 9.98. The predicted molar refractivity (Wildman–Crippen MR) is 129 cm³/mol. The monoisotopic (exact) mass is 500 g/mol. The Balaban J connectivity index is 1.52. The van der Waals surface area contributed by atoms with Crippen molar-refractivity contribution in [3.63, 3.8) is 0 Å². The van der Waals surface area contributed by atoms with Crippen molar-refractivity contribution >= 4 is 32.7 Å². The van der Waals surface area contributed by atoms with Crippen LogP contribution in [0.15, 0.2) is 51.9 Å². The van der Waals surface area contributed by atoms with Crippen molar-refractivity contribution in [3.8, 4) is 11.1 Å². The average Bonchev–Trinajstić information content (AvgIpc) is 2.80. The Bertz CT molecular complexity index is 1380. The molecule has 0 unspecified atom stereocenters.